The summed E-state index contributed by atoms with van der Waals surface area (Å²) in [5.74, 6) is 1.07. The van der Waals surface area contributed by atoms with Crippen LogP contribution < -0.4 is 5.32 Å². The number of hydrogen-bond donors (Lipinski definition) is 1. The number of likely N-dealkylation sites (tertiary alicyclic amines) is 1. The van der Waals surface area contributed by atoms with E-state index in [-0.39, 0.29) is 6.03 Å². The maximum absolute atomic E-state index is 12.5. The monoisotopic (exact) mass is 386 g/mol. The maximum atomic E-state index is 12.5. The third kappa shape index (κ3) is 5.82. The molecule has 0 bridgehead atoms. The Kier molecular flexibility index (Phi) is 7.27. The molecule has 0 saturated carbocycles. The minimum absolute atomic E-state index is 0.281. The van der Waals surface area contributed by atoms with E-state index < -0.39 is 0 Å². The van der Waals surface area contributed by atoms with Crippen LogP contribution in [0.2, 0.25) is 0 Å². The van der Waals surface area contributed by atoms with Crippen molar-refractivity contribution in [3.8, 4) is 0 Å². The molecule has 1 fully saturated rings. The highest BCUT2D eigenvalue weighted by Crippen LogP contribution is 2.22. The molecule has 1 N–H and O–H groups in total. The third-order valence-corrected chi connectivity index (χ3v) is 5.17. The zero-order valence-electron chi connectivity index (χ0n) is 15.7. The van der Waals surface area contributed by atoms with Gasteiger partial charge in [-0.25, -0.2) is 9.79 Å². The van der Waals surface area contributed by atoms with Crippen molar-refractivity contribution in [2.45, 2.75) is 43.5 Å². The molecule has 1 aromatic heterocycles. The summed E-state index contributed by atoms with van der Waals surface area (Å²) in [6, 6.07) is 9.86. The first-order chi connectivity index (χ1) is 13.3. The van der Waals surface area contributed by atoms with Crippen molar-refractivity contribution in [3.05, 3.63) is 35.9 Å². The van der Waals surface area contributed by atoms with Gasteiger partial charge in [-0.3, -0.25) is 0 Å². The molecular weight excluding hydrogens is 360 g/mol. The molecule has 1 saturated heterocycles. The molecule has 0 radical (unpaired) electrons. The number of carbonyl (C=O) groups is 1. The minimum atomic E-state index is -0.281. The van der Waals surface area contributed by atoms with Gasteiger partial charge in [-0.05, 0) is 24.8 Å². The third-order valence-electron chi connectivity index (χ3n) is 4.26. The molecule has 1 aliphatic heterocycles. The lowest BCUT2D eigenvalue weighted by molar-refractivity contribution is 0.239. The number of carbonyl (C=O) groups excluding carboxylic acids is 1. The number of nitrogens with zero attached hydrogens (tertiary/aromatic N) is 5. The highest BCUT2D eigenvalue weighted by molar-refractivity contribution is 7.98. The molecule has 1 amide bonds. The Labute approximate surface area is 164 Å². The van der Waals surface area contributed by atoms with Gasteiger partial charge in [0.05, 0.1) is 6.34 Å². The zero-order chi connectivity index (χ0) is 18.9. The number of hydrogen-bond acceptors (Lipinski definition) is 5. The lowest BCUT2D eigenvalue weighted by atomic mass is 10.2. The Morgan fingerprint density at radius 2 is 2.07 bits per heavy atom. The van der Waals surface area contributed by atoms with Crippen LogP contribution in [0.1, 0.15) is 38.2 Å². The number of nitrogens with one attached hydrogen (secondary N) is 1. The summed E-state index contributed by atoms with van der Waals surface area (Å²) in [6.45, 7) is 4.70. The van der Waals surface area contributed by atoms with Crippen LogP contribution in [-0.2, 0) is 5.75 Å². The number of benzene rings is 1. The number of aliphatic imine (C=N–C) groups is 1. The molecule has 0 atom stereocenters. The number of unbranched alkanes of at least 4 members (excludes halogenated alkanes) is 1. The fourth-order valence-corrected chi connectivity index (χ4v) is 3.50. The molecule has 0 spiro atoms. The van der Waals surface area contributed by atoms with Crippen LogP contribution in [0.15, 0.2) is 40.5 Å². The summed E-state index contributed by atoms with van der Waals surface area (Å²) in [4.78, 5) is 23.5. The zero-order valence-corrected chi connectivity index (χ0v) is 16.5. The van der Waals surface area contributed by atoms with Crippen molar-refractivity contribution in [1.29, 1.82) is 0 Å². The van der Waals surface area contributed by atoms with E-state index in [1.807, 2.05) is 18.2 Å². The van der Waals surface area contributed by atoms with Crippen LogP contribution in [0.5, 0.6) is 0 Å². The summed E-state index contributed by atoms with van der Waals surface area (Å²) < 4.78 is 1.27. The molecular formula is C19H26N6OS. The van der Waals surface area contributed by atoms with Gasteiger partial charge in [0.2, 0.25) is 5.16 Å². The number of thioether (sulfide) groups is 1. The number of amides is 1. The first kappa shape index (κ1) is 19.4. The molecule has 8 heteroatoms. The second-order valence-electron chi connectivity index (χ2n) is 6.45. The van der Waals surface area contributed by atoms with Crippen LogP contribution in [0.3, 0.4) is 0 Å². The summed E-state index contributed by atoms with van der Waals surface area (Å²) >= 11 is 1.50. The van der Waals surface area contributed by atoms with Gasteiger partial charge in [-0.15, -0.1) is 9.78 Å². The van der Waals surface area contributed by atoms with Crippen LogP contribution in [0.4, 0.5) is 10.7 Å². The average Bonchev–Trinajstić information content (AvgIpc) is 3.35. The van der Waals surface area contributed by atoms with E-state index in [1.165, 1.54) is 34.8 Å². The van der Waals surface area contributed by atoms with Gasteiger partial charge in [0.1, 0.15) is 0 Å². The van der Waals surface area contributed by atoms with E-state index in [4.69, 9.17) is 0 Å². The molecule has 3 rings (SSSR count). The van der Waals surface area contributed by atoms with Crippen molar-refractivity contribution in [1.82, 2.24) is 25.0 Å². The normalized spacial score (nSPS) is 14.2. The maximum Gasteiger partial charge on any atom is 0.345 e. The topological polar surface area (TPSA) is 75.4 Å². The Balaban J connectivity index is 1.71. The summed E-state index contributed by atoms with van der Waals surface area (Å²) in [7, 11) is 0. The van der Waals surface area contributed by atoms with Crippen LogP contribution in [-0.4, -0.2) is 51.7 Å². The molecule has 7 nitrogen and oxygen atoms in total. The van der Waals surface area contributed by atoms with Crippen molar-refractivity contribution in [3.63, 3.8) is 0 Å². The van der Waals surface area contributed by atoms with Gasteiger partial charge in [-0.1, -0.05) is 55.4 Å². The highest BCUT2D eigenvalue weighted by atomic mass is 32.2. The van der Waals surface area contributed by atoms with Gasteiger partial charge in [0, 0.05) is 25.4 Å². The van der Waals surface area contributed by atoms with E-state index in [1.54, 1.807) is 6.34 Å². The predicted octanol–water partition coefficient (Wildman–Crippen LogP) is 3.68. The molecule has 1 aliphatic rings. The quantitative estimate of drug-likeness (QED) is 0.324. The molecule has 2 heterocycles. The van der Waals surface area contributed by atoms with Crippen molar-refractivity contribution >= 4 is 30.1 Å². The fraction of sp³-hybridized carbons (Fsp3) is 0.474. The van der Waals surface area contributed by atoms with Gasteiger partial charge < -0.3 is 10.2 Å². The molecule has 27 heavy (non-hydrogen) atoms. The van der Waals surface area contributed by atoms with E-state index in [0.29, 0.717) is 17.6 Å². The fourth-order valence-electron chi connectivity index (χ4n) is 2.73. The van der Waals surface area contributed by atoms with Gasteiger partial charge in [0.25, 0.3) is 5.95 Å². The smallest absolute Gasteiger partial charge is 0.345 e. The lowest BCUT2D eigenvalue weighted by Crippen LogP contribution is -2.30. The van der Waals surface area contributed by atoms with Crippen molar-refractivity contribution in [2.24, 2.45) is 4.99 Å². The first-order valence-electron chi connectivity index (χ1n) is 9.46. The SMILES string of the molecule is CCCCNC(=O)n1nc(SCc2ccccc2)nc1/N=C/N1CCCC1. The second kappa shape index (κ2) is 10.1. The van der Waals surface area contributed by atoms with Crippen molar-refractivity contribution in [2.75, 3.05) is 19.6 Å². The summed E-state index contributed by atoms with van der Waals surface area (Å²) in [5, 5.41) is 7.81. The highest BCUT2D eigenvalue weighted by Gasteiger charge is 2.16. The molecule has 2 aromatic rings. The van der Waals surface area contributed by atoms with E-state index in [9.17, 15) is 4.79 Å². The molecule has 144 valence electrons. The average molecular weight is 387 g/mol. The number of rotatable bonds is 8. The summed E-state index contributed by atoms with van der Waals surface area (Å²) in [6.07, 6.45) is 6.08. The van der Waals surface area contributed by atoms with Crippen molar-refractivity contribution < 1.29 is 4.79 Å². The van der Waals surface area contributed by atoms with Crippen LogP contribution in [0, 0.1) is 0 Å². The minimum Gasteiger partial charge on any atom is -0.362 e. The Hall–Kier alpha value is -2.35. The van der Waals surface area contributed by atoms with E-state index >= 15 is 0 Å². The predicted molar refractivity (Wildman–Crippen MR) is 109 cm³/mol. The van der Waals surface area contributed by atoms with Crippen LogP contribution >= 0.6 is 11.8 Å². The molecule has 0 aliphatic carbocycles. The number of aromatic nitrogens is 3. The standard InChI is InChI=1S/C19H26N6OS/c1-2-3-11-20-19(26)25-17(21-15-24-12-7-8-13-24)22-18(23-25)27-14-16-9-5-4-6-10-16/h4-6,9-10,15H,2-3,7-8,11-14H2,1H3,(H,20,26)/b21-15+. The van der Waals surface area contributed by atoms with E-state index in [0.717, 1.165) is 31.7 Å². The Morgan fingerprint density at radius 3 is 2.81 bits per heavy atom. The Morgan fingerprint density at radius 1 is 1.30 bits per heavy atom. The second-order valence-corrected chi connectivity index (χ2v) is 7.40. The van der Waals surface area contributed by atoms with Gasteiger partial charge >= 0.3 is 6.03 Å². The molecule has 1 aromatic carbocycles. The lowest BCUT2D eigenvalue weighted by Gasteiger charge is -2.08. The van der Waals surface area contributed by atoms with Gasteiger partial charge in [0.15, 0.2) is 0 Å². The molecule has 0 unspecified atom stereocenters. The summed E-state index contributed by atoms with van der Waals surface area (Å²) in [5.41, 5.74) is 1.19. The Bertz CT molecular complexity index is 755. The largest absolute Gasteiger partial charge is 0.362 e. The van der Waals surface area contributed by atoms with Gasteiger partial charge in [-0.2, -0.15) is 4.98 Å². The van der Waals surface area contributed by atoms with E-state index in [2.05, 4.69) is 44.3 Å². The first-order valence-corrected chi connectivity index (χ1v) is 10.4. The van der Waals surface area contributed by atoms with Crippen LogP contribution in [0.25, 0.3) is 0 Å².